The molecule has 0 heterocycles. The van der Waals surface area contributed by atoms with Crippen LogP contribution in [0.1, 0.15) is 12.0 Å². The van der Waals surface area contributed by atoms with Crippen molar-refractivity contribution in [2.45, 2.75) is 12.8 Å². The van der Waals surface area contributed by atoms with E-state index in [2.05, 4.69) is 21.2 Å². The van der Waals surface area contributed by atoms with E-state index in [9.17, 15) is 9.59 Å². The normalized spacial score (nSPS) is 9.94. The zero-order chi connectivity index (χ0) is 13.5. The minimum Gasteiger partial charge on any atom is -0.347 e. The van der Waals surface area contributed by atoms with E-state index in [1.807, 2.05) is 24.3 Å². The predicted molar refractivity (Wildman–Crippen MR) is 74.2 cm³/mol. The van der Waals surface area contributed by atoms with E-state index in [0.717, 1.165) is 10.0 Å². The molecule has 4 nitrogen and oxygen atoms in total. The summed E-state index contributed by atoms with van der Waals surface area (Å²) in [6.07, 6.45) is 1.03. The van der Waals surface area contributed by atoms with Crippen molar-refractivity contribution < 1.29 is 9.59 Å². The van der Waals surface area contributed by atoms with Crippen LogP contribution in [0.2, 0.25) is 0 Å². The maximum absolute atomic E-state index is 11.6. The van der Waals surface area contributed by atoms with Crippen LogP contribution in [-0.4, -0.2) is 37.4 Å². The molecule has 0 aliphatic rings. The summed E-state index contributed by atoms with van der Waals surface area (Å²) in [5.41, 5.74) is 1.09. The van der Waals surface area contributed by atoms with Gasteiger partial charge in [-0.1, -0.05) is 34.1 Å². The number of nitrogens with one attached hydrogen (secondary N) is 1. The lowest BCUT2D eigenvalue weighted by Crippen LogP contribution is -2.36. The maximum atomic E-state index is 11.6. The van der Waals surface area contributed by atoms with E-state index in [0.29, 0.717) is 12.8 Å². The Kier molecular flexibility index (Phi) is 5.85. The standard InChI is InChI=1S/C13H17BrN2O2/c1-16(2)13(18)9-15-12(17)8-7-10-5-3-4-6-11(10)14/h3-6H,7-9H2,1-2H3,(H,15,17). The molecule has 0 atom stereocenters. The molecule has 0 unspecified atom stereocenters. The van der Waals surface area contributed by atoms with E-state index < -0.39 is 0 Å². The molecule has 0 bridgehead atoms. The van der Waals surface area contributed by atoms with Crippen LogP contribution in [0.3, 0.4) is 0 Å². The number of aryl methyl sites for hydroxylation is 1. The first-order valence-electron chi connectivity index (χ1n) is 5.71. The zero-order valence-electron chi connectivity index (χ0n) is 10.6. The largest absolute Gasteiger partial charge is 0.347 e. The monoisotopic (exact) mass is 312 g/mol. The Morgan fingerprint density at radius 2 is 1.94 bits per heavy atom. The molecule has 0 fully saturated rings. The summed E-state index contributed by atoms with van der Waals surface area (Å²) >= 11 is 3.44. The minimum absolute atomic E-state index is 0.0573. The highest BCUT2D eigenvalue weighted by molar-refractivity contribution is 9.10. The van der Waals surface area contributed by atoms with E-state index in [-0.39, 0.29) is 18.4 Å². The topological polar surface area (TPSA) is 49.4 Å². The average Bonchev–Trinajstić information content (AvgIpc) is 2.34. The van der Waals surface area contributed by atoms with Crippen molar-refractivity contribution in [3.8, 4) is 0 Å². The van der Waals surface area contributed by atoms with Gasteiger partial charge < -0.3 is 10.2 Å². The van der Waals surface area contributed by atoms with Gasteiger partial charge in [0.2, 0.25) is 11.8 Å². The van der Waals surface area contributed by atoms with Crippen LogP contribution in [0.25, 0.3) is 0 Å². The molecule has 18 heavy (non-hydrogen) atoms. The van der Waals surface area contributed by atoms with Crippen LogP contribution in [0.15, 0.2) is 28.7 Å². The molecule has 2 amide bonds. The van der Waals surface area contributed by atoms with Crippen LogP contribution in [0, 0.1) is 0 Å². The van der Waals surface area contributed by atoms with Crippen LogP contribution in [0.4, 0.5) is 0 Å². The van der Waals surface area contributed by atoms with Gasteiger partial charge in [-0.25, -0.2) is 0 Å². The van der Waals surface area contributed by atoms with Gasteiger partial charge in [-0.3, -0.25) is 9.59 Å². The van der Waals surface area contributed by atoms with Gasteiger partial charge in [0, 0.05) is 25.0 Å². The van der Waals surface area contributed by atoms with Gasteiger partial charge in [0.1, 0.15) is 0 Å². The Morgan fingerprint density at radius 3 is 2.56 bits per heavy atom. The Hall–Kier alpha value is -1.36. The lowest BCUT2D eigenvalue weighted by molar-refractivity contribution is -0.130. The van der Waals surface area contributed by atoms with E-state index >= 15 is 0 Å². The van der Waals surface area contributed by atoms with Crippen molar-refractivity contribution in [3.05, 3.63) is 34.3 Å². The van der Waals surface area contributed by atoms with Crippen molar-refractivity contribution in [3.63, 3.8) is 0 Å². The lowest BCUT2D eigenvalue weighted by Gasteiger charge is -2.11. The molecule has 1 rings (SSSR count). The van der Waals surface area contributed by atoms with Crippen LogP contribution in [-0.2, 0) is 16.0 Å². The number of rotatable bonds is 5. The number of hydrogen-bond donors (Lipinski definition) is 1. The molecular weight excluding hydrogens is 296 g/mol. The smallest absolute Gasteiger partial charge is 0.241 e. The molecule has 1 N–H and O–H groups in total. The molecule has 0 aliphatic heterocycles. The molecule has 0 saturated heterocycles. The summed E-state index contributed by atoms with van der Waals surface area (Å²) < 4.78 is 1.00. The second kappa shape index (κ2) is 7.16. The van der Waals surface area contributed by atoms with E-state index in [1.54, 1.807) is 14.1 Å². The number of amides is 2. The third-order valence-electron chi connectivity index (χ3n) is 2.51. The third kappa shape index (κ3) is 4.87. The average molecular weight is 313 g/mol. The first-order chi connectivity index (χ1) is 8.50. The molecule has 5 heteroatoms. The van der Waals surface area contributed by atoms with Crippen LogP contribution >= 0.6 is 15.9 Å². The van der Waals surface area contributed by atoms with Gasteiger partial charge in [-0.15, -0.1) is 0 Å². The highest BCUT2D eigenvalue weighted by Crippen LogP contribution is 2.17. The summed E-state index contributed by atoms with van der Waals surface area (Å²) in [5.74, 6) is -0.217. The fourth-order valence-electron chi connectivity index (χ4n) is 1.37. The van der Waals surface area contributed by atoms with Gasteiger partial charge in [0.15, 0.2) is 0 Å². The molecule has 98 valence electrons. The van der Waals surface area contributed by atoms with Crippen LogP contribution in [0.5, 0.6) is 0 Å². The van der Waals surface area contributed by atoms with Crippen LogP contribution < -0.4 is 5.32 Å². The summed E-state index contributed by atoms with van der Waals surface area (Å²) in [5, 5.41) is 2.61. The summed E-state index contributed by atoms with van der Waals surface area (Å²) in [6.45, 7) is 0.0573. The first kappa shape index (κ1) is 14.7. The number of likely N-dealkylation sites (N-methyl/N-ethyl adjacent to an activating group) is 1. The number of halogens is 1. The molecule has 0 radical (unpaired) electrons. The number of nitrogens with zero attached hydrogens (tertiary/aromatic N) is 1. The summed E-state index contributed by atoms with van der Waals surface area (Å²) in [4.78, 5) is 24.3. The Morgan fingerprint density at radius 1 is 1.28 bits per heavy atom. The molecule has 0 saturated carbocycles. The van der Waals surface area contributed by atoms with E-state index in [1.165, 1.54) is 4.90 Å². The van der Waals surface area contributed by atoms with Gasteiger partial charge >= 0.3 is 0 Å². The van der Waals surface area contributed by atoms with Gasteiger partial charge in [-0.2, -0.15) is 0 Å². The molecule has 0 spiro atoms. The highest BCUT2D eigenvalue weighted by atomic mass is 79.9. The second-order valence-corrected chi connectivity index (χ2v) is 5.01. The van der Waals surface area contributed by atoms with E-state index in [4.69, 9.17) is 0 Å². The van der Waals surface area contributed by atoms with Crippen molar-refractivity contribution in [2.24, 2.45) is 0 Å². The zero-order valence-corrected chi connectivity index (χ0v) is 12.2. The number of benzene rings is 1. The number of carbonyl (C=O) groups is 2. The predicted octanol–water partition coefficient (Wildman–Crippen LogP) is 1.59. The Balaban J connectivity index is 2.34. The Labute approximate surface area is 115 Å². The van der Waals surface area contributed by atoms with Gasteiger partial charge in [-0.05, 0) is 18.1 Å². The fraction of sp³-hybridized carbons (Fsp3) is 0.385. The summed E-state index contributed by atoms with van der Waals surface area (Å²) in [6, 6.07) is 7.79. The third-order valence-corrected chi connectivity index (χ3v) is 3.29. The molecule has 0 aromatic heterocycles. The second-order valence-electron chi connectivity index (χ2n) is 4.16. The number of carbonyl (C=O) groups excluding carboxylic acids is 2. The lowest BCUT2D eigenvalue weighted by atomic mass is 10.1. The Bertz CT molecular complexity index is 433. The van der Waals surface area contributed by atoms with Crippen molar-refractivity contribution in [1.29, 1.82) is 0 Å². The van der Waals surface area contributed by atoms with Crippen molar-refractivity contribution in [1.82, 2.24) is 10.2 Å². The van der Waals surface area contributed by atoms with Gasteiger partial charge in [0.05, 0.1) is 6.54 Å². The van der Waals surface area contributed by atoms with Crippen molar-refractivity contribution >= 4 is 27.7 Å². The SMILES string of the molecule is CN(C)C(=O)CNC(=O)CCc1ccccc1Br. The molecular formula is C13H17BrN2O2. The first-order valence-corrected chi connectivity index (χ1v) is 6.50. The number of hydrogen-bond acceptors (Lipinski definition) is 2. The molecule has 1 aromatic carbocycles. The van der Waals surface area contributed by atoms with Gasteiger partial charge in [0.25, 0.3) is 0 Å². The molecule has 1 aromatic rings. The molecule has 0 aliphatic carbocycles. The highest BCUT2D eigenvalue weighted by Gasteiger charge is 2.08. The fourth-order valence-corrected chi connectivity index (χ4v) is 1.85. The van der Waals surface area contributed by atoms with Crippen molar-refractivity contribution in [2.75, 3.05) is 20.6 Å². The minimum atomic E-state index is -0.110. The summed E-state index contributed by atoms with van der Waals surface area (Å²) in [7, 11) is 3.32. The maximum Gasteiger partial charge on any atom is 0.241 e. The quantitative estimate of drug-likeness (QED) is 0.897.